The van der Waals surface area contributed by atoms with Crippen LogP contribution < -0.4 is 0 Å². The third kappa shape index (κ3) is 5.59. The van der Waals surface area contributed by atoms with Crippen LogP contribution >= 0.6 is 0 Å². The molecule has 0 aliphatic rings. The van der Waals surface area contributed by atoms with Crippen LogP contribution in [0.15, 0.2) is 17.8 Å². The molecule has 0 bridgehead atoms. The second-order valence-electron chi connectivity index (χ2n) is 2.91. The van der Waals surface area contributed by atoms with Crippen molar-refractivity contribution in [3.8, 4) is 0 Å². The summed E-state index contributed by atoms with van der Waals surface area (Å²) in [7, 11) is 0. The first-order valence-corrected chi connectivity index (χ1v) is 4.69. The van der Waals surface area contributed by atoms with E-state index in [-0.39, 0.29) is 6.54 Å². The van der Waals surface area contributed by atoms with Crippen LogP contribution in [0.3, 0.4) is 0 Å². The summed E-state index contributed by atoms with van der Waals surface area (Å²) in [6, 6.07) is 0. The van der Waals surface area contributed by atoms with Gasteiger partial charge in [-0.2, -0.15) is 0 Å². The van der Waals surface area contributed by atoms with Crippen molar-refractivity contribution in [2.45, 2.75) is 32.0 Å². The molecule has 0 heterocycles. The quantitative estimate of drug-likeness (QED) is 0.213. The number of aliphatic hydroxyl groups is 1. The Morgan fingerprint density at radius 1 is 1.71 bits per heavy atom. The molecule has 2 atom stereocenters. The normalized spacial score (nSPS) is 14.1. The Morgan fingerprint density at radius 3 is 2.93 bits per heavy atom. The van der Waals surface area contributed by atoms with Crippen molar-refractivity contribution in [2.75, 3.05) is 13.2 Å². The van der Waals surface area contributed by atoms with Crippen LogP contribution in [0.4, 0.5) is 0 Å². The Morgan fingerprint density at radius 2 is 2.43 bits per heavy atom. The van der Waals surface area contributed by atoms with Gasteiger partial charge in [0.15, 0.2) is 0 Å². The van der Waals surface area contributed by atoms with Gasteiger partial charge in [-0.15, -0.1) is 6.58 Å². The topological polar surface area (TPSA) is 78.2 Å². The summed E-state index contributed by atoms with van der Waals surface area (Å²) in [5.41, 5.74) is 8.06. The van der Waals surface area contributed by atoms with Crippen molar-refractivity contribution in [1.82, 2.24) is 0 Å². The number of azide groups is 1. The maximum absolute atomic E-state index is 9.48. The van der Waals surface area contributed by atoms with E-state index in [0.717, 1.165) is 12.8 Å². The Kier molecular flexibility index (Phi) is 7.93. The molecule has 0 radical (unpaired) electrons. The van der Waals surface area contributed by atoms with Crippen LogP contribution in [0.2, 0.25) is 0 Å². The van der Waals surface area contributed by atoms with Crippen molar-refractivity contribution in [2.24, 2.45) is 5.11 Å². The number of nitrogens with zero attached hydrogens (tertiary/aromatic N) is 3. The first-order chi connectivity index (χ1) is 6.76. The standard InChI is InChI=1S/C9H17N3O2/c1-3-5-6-14-9(4-2)8(13)7-11-12-10/h4,8-9,13H,2-3,5-7H2,1H3/t8-,9+/m0/s1. The third-order valence-electron chi connectivity index (χ3n) is 1.75. The lowest BCUT2D eigenvalue weighted by molar-refractivity contribution is -0.00618. The van der Waals surface area contributed by atoms with Gasteiger partial charge in [-0.3, -0.25) is 0 Å². The molecule has 0 spiro atoms. The van der Waals surface area contributed by atoms with Gasteiger partial charge < -0.3 is 9.84 Å². The third-order valence-corrected chi connectivity index (χ3v) is 1.75. The van der Waals surface area contributed by atoms with E-state index in [9.17, 15) is 5.11 Å². The van der Waals surface area contributed by atoms with Crippen molar-refractivity contribution in [3.05, 3.63) is 23.1 Å². The van der Waals surface area contributed by atoms with Crippen LogP contribution in [-0.4, -0.2) is 30.5 Å². The smallest absolute Gasteiger partial charge is 0.101 e. The van der Waals surface area contributed by atoms with Gasteiger partial charge in [-0.05, 0) is 12.0 Å². The van der Waals surface area contributed by atoms with Crippen LogP contribution in [-0.2, 0) is 4.74 Å². The molecule has 14 heavy (non-hydrogen) atoms. The lowest BCUT2D eigenvalue weighted by atomic mass is 10.2. The molecule has 0 aromatic carbocycles. The number of ether oxygens (including phenoxy) is 1. The van der Waals surface area contributed by atoms with Gasteiger partial charge in [0, 0.05) is 11.5 Å². The first kappa shape index (κ1) is 13.0. The molecule has 0 aromatic heterocycles. The summed E-state index contributed by atoms with van der Waals surface area (Å²) in [5, 5.41) is 12.7. The van der Waals surface area contributed by atoms with E-state index in [1.807, 2.05) is 0 Å². The van der Waals surface area contributed by atoms with E-state index < -0.39 is 12.2 Å². The van der Waals surface area contributed by atoms with Crippen LogP contribution in [0, 0.1) is 0 Å². The minimum Gasteiger partial charge on any atom is -0.390 e. The van der Waals surface area contributed by atoms with E-state index in [1.54, 1.807) is 0 Å². The number of hydrogen-bond acceptors (Lipinski definition) is 3. The molecule has 0 unspecified atom stereocenters. The average molecular weight is 199 g/mol. The predicted octanol–water partition coefficient (Wildman–Crippen LogP) is 2.03. The van der Waals surface area contributed by atoms with Crippen molar-refractivity contribution in [1.29, 1.82) is 0 Å². The molecule has 0 saturated carbocycles. The summed E-state index contributed by atoms with van der Waals surface area (Å²) in [6.45, 7) is 6.20. The van der Waals surface area contributed by atoms with Gasteiger partial charge in [0.05, 0.1) is 12.6 Å². The Balaban J connectivity index is 3.85. The molecule has 5 heteroatoms. The zero-order valence-corrected chi connectivity index (χ0v) is 8.46. The molecule has 0 saturated heterocycles. The molecule has 0 fully saturated rings. The fourth-order valence-corrected chi connectivity index (χ4v) is 0.924. The average Bonchev–Trinajstić information content (AvgIpc) is 2.21. The predicted molar refractivity (Wildman–Crippen MR) is 54.9 cm³/mol. The molecule has 0 aliphatic carbocycles. The maximum Gasteiger partial charge on any atom is 0.101 e. The van der Waals surface area contributed by atoms with Crippen LogP contribution in [0.1, 0.15) is 19.8 Å². The number of rotatable bonds is 8. The number of hydrogen-bond donors (Lipinski definition) is 1. The highest BCUT2D eigenvalue weighted by Gasteiger charge is 2.14. The van der Waals surface area contributed by atoms with Gasteiger partial charge >= 0.3 is 0 Å². The SMILES string of the molecule is C=C[C@@H](OCCCC)[C@@H](O)CN=[N+]=[N-]. The second kappa shape index (κ2) is 8.56. The van der Waals surface area contributed by atoms with Crippen molar-refractivity contribution in [3.63, 3.8) is 0 Å². The monoisotopic (exact) mass is 199 g/mol. The number of unbranched alkanes of at least 4 members (excludes halogenated alkanes) is 1. The Hall–Kier alpha value is -1.03. The largest absolute Gasteiger partial charge is 0.390 e. The van der Waals surface area contributed by atoms with E-state index in [2.05, 4.69) is 23.5 Å². The van der Waals surface area contributed by atoms with Gasteiger partial charge in [0.25, 0.3) is 0 Å². The number of aliphatic hydroxyl groups excluding tert-OH is 1. The zero-order valence-electron chi connectivity index (χ0n) is 8.46. The molecular weight excluding hydrogens is 182 g/mol. The van der Waals surface area contributed by atoms with Gasteiger partial charge in [0.2, 0.25) is 0 Å². The van der Waals surface area contributed by atoms with Crippen molar-refractivity contribution >= 4 is 0 Å². The van der Waals surface area contributed by atoms with Crippen LogP contribution in [0.25, 0.3) is 10.4 Å². The Bertz CT molecular complexity index is 202. The van der Waals surface area contributed by atoms with Gasteiger partial charge in [0.1, 0.15) is 6.10 Å². The summed E-state index contributed by atoms with van der Waals surface area (Å²) < 4.78 is 5.34. The summed E-state index contributed by atoms with van der Waals surface area (Å²) in [6.07, 6.45) is 2.24. The molecule has 0 amide bonds. The van der Waals surface area contributed by atoms with E-state index in [1.165, 1.54) is 6.08 Å². The van der Waals surface area contributed by atoms with Gasteiger partial charge in [-0.25, -0.2) is 0 Å². The van der Waals surface area contributed by atoms with E-state index in [0.29, 0.717) is 6.61 Å². The molecule has 0 aromatic rings. The molecule has 1 N–H and O–H groups in total. The van der Waals surface area contributed by atoms with Crippen LogP contribution in [0.5, 0.6) is 0 Å². The Labute approximate surface area is 84.0 Å². The zero-order chi connectivity index (χ0) is 10.8. The highest BCUT2D eigenvalue weighted by atomic mass is 16.5. The molecule has 0 aliphatic heterocycles. The first-order valence-electron chi connectivity index (χ1n) is 4.69. The fourth-order valence-electron chi connectivity index (χ4n) is 0.924. The lowest BCUT2D eigenvalue weighted by Gasteiger charge is -2.18. The molecule has 80 valence electrons. The highest BCUT2D eigenvalue weighted by molar-refractivity contribution is 4.87. The summed E-state index contributed by atoms with van der Waals surface area (Å²) in [4.78, 5) is 2.56. The van der Waals surface area contributed by atoms with Gasteiger partial charge in [-0.1, -0.05) is 24.5 Å². The molecule has 5 nitrogen and oxygen atoms in total. The lowest BCUT2D eigenvalue weighted by Crippen LogP contribution is -2.29. The fraction of sp³-hybridized carbons (Fsp3) is 0.778. The molecular formula is C9H17N3O2. The molecule has 0 rings (SSSR count). The second-order valence-corrected chi connectivity index (χ2v) is 2.91. The van der Waals surface area contributed by atoms with E-state index >= 15 is 0 Å². The minimum absolute atomic E-state index is 0.0132. The summed E-state index contributed by atoms with van der Waals surface area (Å²) >= 11 is 0. The highest BCUT2D eigenvalue weighted by Crippen LogP contribution is 2.03. The van der Waals surface area contributed by atoms with E-state index in [4.69, 9.17) is 10.3 Å². The van der Waals surface area contributed by atoms with Crippen molar-refractivity contribution < 1.29 is 9.84 Å². The minimum atomic E-state index is -0.805. The maximum atomic E-state index is 9.48. The summed E-state index contributed by atoms with van der Waals surface area (Å²) in [5.74, 6) is 0.